The molecule has 76 valence electrons. The number of nitrogens with one attached hydrogen (secondary N) is 1. The third kappa shape index (κ3) is 1.67. The van der Waals surface area contributed by atoms with Crippen LogP contribution in [-0.2, 0) is 13.0 Å². The zero-order valence-corrected chi connectivity index (χ0v) is 8.95. The molecule has 1 aromatic rings. The van der Waals surface area contributed by atoms with Gasteiger partial charge >= 0.3 is 0 Å². The first-order valence-corrected chi connectivity index (χ1v) is 5.69. The quantitative estimate of drug-likeness (QED) is 0.687. The molecule has 0 aliphatic carbocycles. The van der Waals surface area contributed by atoms with Crippen molar-refractivity contribution in [3.05, 3.63) is 21.4 Å². The minimum Gasteiger partial charge on any atom is -0.544 e. The fourth-order valence-electron chi connectivity index (χ4n) is 1.88. The molecule has 0 amide bonds. The van der Waals surface area contributed by atoms with Crippen LogP contribution in [0.3, 0.4) is 0 Å². The summed E-state index contributed by atoms with van der Waals surface area (Å²) in [6, 6.07) is 1.78. The number of rotatable bonds is 2. The monoisotopic (exact) mass is 211 g/mol. The van der Waals surface area contributed by atoms with Crippen LogP contribution in [-0.4, -0.2) is 19.1 Å². The summed E-state index contributed by atoms with van der Waals surface area (Å²) >= 11 is 1.38. The number of carbonyl (C=O) groups is 1. The summed E-state index contributed by atoms with van der Waals surface area (Å²) in [6.07, 6.45) is 1.01. The van der Waals surface area contributed by atoms with Crippen LogP contribution in [0.5, 0.6) is 0 Å². The Balaban J connectivity index is 2.25. The molecule has 4 heteroatoms. The summed E-state index contributed by atoms with van der Waals surface area (Å²) in [7, 11) is 0. The Kier molecular flexibility index (Phi) is 2.56. The molecule has 0 aromatic carbocycles. The molecule has 0 fully saturated rings. The molecule has 1 aromatic heterocycles. The first kappa shape index (κ1) is 9.68. The van der Waals surface area contributed by atoms with Gasteiger partial charge in [-0.1, -0.05) is 0 Å². The summed E-state index contributed by atoms with van der Waals surface area (Å²) in [5, 5.41) is 10.7. The number of hydrogen-bond acceptors (Lipinski definition) is 3. The van der Waals surface area contributed by atoms with Crippen LogP contribution >= 0.6 is 11.3 Å². The molecule has 0 bridgehead atoms. The van der Waals surface area contributed by atoms with E-state index >= 15 is 0 Å². The SMILES string of the molecule is CC[NH+]1CCc2sc(C(=O)[O-])cc2C1. The largest absolute Gasteiger partial charge is 0.544 e. The van der Waals surface area contributed by atoms with E-state index in [1.807, 2.05) is 0 Å². The van der Waals surface area contributed by atoms with E-state index in [0.29, 0.717) is 4.88 Å². The highest BCUT2D eigenvalue weighted by Crippen LogP contribution is 2.23. The van der Waals surface area contributed by atoms with Crippen molar-refractivity contribution < 1.29 is 14.8 Å². The molecule has 1 unspecified atom stereocenters. The number of likely N-dealkylation sites (N-methyl/N-ethyl adjacent to an activating group) is 1. The Bertz CT molecular complexity index is 359. The van der Waals surface area contributed by atoms with Gasteiger partial charge in [0, 0.05) is 16.9 Å². The van der Waals surface area contributed by atoms with E-state index in [1.54, 1.807) is 6.07 Å². The Labute approximate surface area is 87.0 Å². The van der Waals surface area contributed by atoms with Gasteiger partial charge in [0.15, 0.2) is 0 Å². The first-order chi connectivity index (χ1) is 6.70. The van der Waals surface area contributed by atoms with Crippen LogP contribution in [0.4, 0.5) is 0 Å². The second-order valence-electron chi connectivity index (χ2n) is 3.63. The summed E-state index contributed by atoms with van der Waals surface area (Å²) < 4.78 is 0. The highest BCUT2D eigenvalue weighted by atomic mass is 32.1. The minimum absolute atomic E-state index is 0.382. The van der Waals surface area contributed by atoms with Crippen LogP contribution in [0.25, 0.3) is 0 Å². The lowest BCUT2D eigenvalue weighted by Crippen LogP contribution is -3.11. The maximum Gasteiger partial charge on any atom is 0.104 e. The molecule has 0 saturated heterocycles. The van der Waals surface area contributed by atoms with Crippen LogP contribution in [0.1, 0.15) is 27.0 Å². The van der Waals surface area contributed by atoms with Gasteiger partial charge in [-0.3, -0.25) is 0 Å². The molecular weight excluding hydrogens is 198 g/mol. The van der Waals surface area contributed by atoms with E-state index in [1.165, 1.54) is 26.7 Å². The van der Waals surface area contributed by atoms with E-state index in [4.69, 9.17) is 0 Å². The zero-order valence-electron chi connectivity index (χ0n) is 8.13. The maximum absolute atomic E-state index is 10.7. The molecule has 1 atom stereocenters. The molecular formula is C10H13NO2S. The number of aromatic carboxylic acids is 1. The fraction of sp³-hybridized carbons (Fsp3) is 0.500. The number of hydrogen-bond donors (Lipinski definition) is 1. The number of fused-ring (bicyclic) bond motifs is 1. The van der Waals surface area contributed by atoms with Gasteiger partial charge in [-0.2, -0.15) is 0 Å². The lowest BCUT2D eigenvalue weighted by atomic mass is 10.1. The summed E-state index contributed by atoms with van der Waals surface area (Å²) in [6.45, 7) is 5.36. The van der Waals surface area contributed by atoms with Crippen molar-refractivity contribution in [1.29, 1.82) is 0 Å². The second-order valence-corrected chi connectivity index (χ2v) is 4.76. The smallest absolute Gasteiger partial charge is 0.104 e. The molecule has 14 heavy (non-hydrogen) atoms. The number of thiophene rings is 1. The van der Waals surface area contributed by atoms with Gasteiger partial charge in [0.05, 0.1) is 23.9 Å². The van der Waals surface area contributed by atoms with Crippen LogP contribution in [0.15, 0.2) is 6.07 Å². The Morgan fingerprint density at radius 1 is 1.71 bits per heavy atom. The molecule has 1 aliphatic rings. The summed E-state index contributed by atoms with van der Waals surface area (Å²) in [5.41, 5.74) is 1.21. The molecule has 2 heterocycles. The highest BCUT2D eigenvalue weighted by molar-refractivity contribution is 7.14. The van der Waals surface area contributed by atoms with Gasteiger partial charge in [-0.25, -0.2) is 0 Å². The van der Waals surface area contributed by atoms with Crippen molar-refractivity contribution in [3.8, 4) is 0 Å². The molecule has 3 nitrogen and oxygen atoms in total. The molecule has 0 spiro atoms. The Hall–Kier alpha value is -0.870. The molecule has 1 aliphatic heterocycles. The van der Waals surface area contributed by atoms with Crippen molar-refractivity contribution in [2.75, 3.05) is 13.1 Å². The topological polar surface area (TPSA) is 44.6 Å². The minimum atomic E-state index is -1.04. The third-order valence-electron chi connectivity index (χ3n) is 2.74. The van der Waals surface area contributed by atoms with Gasteiger partial charge in [0.2, 0.25) is 0 Å². The molecule has 2 rings (SSSR count). The van der Waals surface area contributed by atoms with Crippen molar-refractivity contribution >= 4 is 17.3 Å². The summed E-state index contributed by atoms with van der Waals surface area (Å²) in [5.74, 6) is -1.04. The molecule has 1 N–H and O–H groups in total. The number of quaternary nitrogens is 1. The van der Waals surface area contributed by atoms with Crippen molar-refractivity contribution in [2.45, 2.75) is 19.9 Å². The first-order valence-electron chi connectivity index (χ1n) is 4.87. The van der Waals surface area contributed by atoms with E-state index in [0.717, 1.165) is 26.1 Å². The molecule has 0 radical (unpaired) electrons. The maximum atomic E-state index is 10.7. The Morgan fingerprint density at radius 2 is 2.50 bits per heavy atom. The van der Waals surface area contributed by atoms with E-state index in [2.05, 4.69) is 6.92 Å². The van der Waals surface area contributed by atoms with Crippen molar-refractivity contribution in [1.82, 2.24) is 0 Å². The third-order valence-corrected chi connectivity index (χ3v) is 3.96. The average Bonchev–Trinajstić information content (AvgIpc) is 2.59. The van der Waals surface area contributed by atoms with Crippen LogP contribution in [0, 0.1) is 0 Å². The van der Waals surface area contributed by atoms with Crippen LogP contribution < -0.4 is 10.0 Å². The van der Waals surface area contributed by atoms with E-state index < -0.39 is 5.97 Å². The standard InChI is InChI=1S/C10H13NO2S/c1-2-11-4-3-8-7(6-11)5-9(14-8)10(12)13/h5H,2-4,6H2,1H3,(H,12,13). The number of carbonyl (C=O) groups excluding carboxylic acids is 1. The van der Waals surface area contributed by atoms with Gasteiger partial charge in [-0.15, -0.1) is 11.3 Å². The zero-order chi connectivity index (χ0) is 10.1. The predicted molar refractivity (Wildman–Crippen MR) is 52.4 cm³/mol. The highest BCUT2D eigenvalue weighted by Gasteiger charge is 2.20. The number of carboxylic acid groups (broad SMARTS) is 1. The second kappa shape index (κ2) is 3.71. The molecule has 0 saturated carbocycles. The normalized spacial score (nSPS) is 20.5. The lowest BCUT2D eigenvalue weighted by molar-refractivity contribution is -0.914. The fourth-order valence-corrected chi connectivity index (χ4v) is 2.89. The van der Waals surface area contributed by atoms with Gasteiger partial charge in [0.1, 0.15) is 6.54 Å². The lowest BCUT2D eigenvalue weighted by Gasteiger charge is -2.21. The van der Waals surface area contributed by atoms with E-state index in [9.17, 15) is 9.90 Å². The van der Waals surface area contributed by atoms with Gasteiger partial charge < -0.3 is 14.8 Å². The van der Waals surface area contributed by atoms with Crippen LogP contribution in [0.2, 0.25) is 0 Å². The Morgan fingerprint density at radius 3 is 3.14 bits per heavy atom. The van der Waals surface area contributed by atoms with E-state index in [-0.39, 0.29) is 0 Å². The average molecular weight is 211 g/mol. The summed E-state index contributed by atoms with van der Waals surface area (Å²) in [4.78, 5) is 13.8. The van der Waals surface area contributed by atoms with Crippen molar-refractivity contribution in [3.63, 3.8) is 0 Å². The predicted octanol–water partition coefficient (Wildman–Crippen LogP) is -0.927. The van der Waals surface area contributed by atoms with Gasteiger partial charge in [0.25, 0.3) is 0 Å². The van der Waals surface area contributed by atoms with Crippen molar-refractivity contribution in [2.24, 2.45) is 0 Å². The van der Waals surface area contributed by atoms with Gasteiger partial charge in [-0.05, 0) is 13.0 Å². The number of carboxylic acids is 1.